The van der Waals surface area contributed by atoms with Crippen LogP contribution in [-0.2, 0) is 23.9 Å². The van der Waals surface area contributed by atoms with Crippen molar-refractivity contribution in [2.75, 3.05) is 0 Å². The molecule has 5 nitrogen and oxygen atoms in total. The molecule has 0 aromatic heterocycles. The van der Waals surface area contributed by atoms with Crippen LogP contribution >= 0.6 is 0 Å². The van der Waals surface area contributed by atoms with Crippen molar-refractivity contribution in [3.05, 3.63) is 11.6 Å². The van der Waals surface area contributed by atoms with Gasteiger partial charge in [-0.2, -0.15) is 0 Å². The van der Waals surface area contributed by atoms with Crippen molar-refractivity contribution in [1.29, 1.82) is 0 Å². The highest BCUT2D eigenvalue weighted by Crippen LogP contribution is 2.65. The van der Waals surface area contributed by atoms with Crippen molar-refractivity contribution in [3.8, 4) is 0 Å². The molecule has 0 saturated heterocycles. The molecule has 0 N–H and O–H groups in total. The fourth-order valence-electron chi connectivity index (χ4n) is 7.46. The van der Waals surface area contributed by atoms with Crippen molar-refractivity contribution >= 4 is 17.7 Å². The first-order chi connectivity index (χ1) is 13.6. The standard InChI is InChI=1S/C24H34O5/c1-13-10-19-21-18(7-9-24(19,5)22(13)29-15(3)26)23(4)8-6-17(28-14(2)25)11-16(23)12-20(21)27/h12-13,17-19,21-22H,6-11H2,1-5H3. The molecule has 8 unspecified atom stereocenters. The molecule has 29 heavy (non-hydrogen) atoms. The fourth-order valence-corrected chi connectivity index (χ4v) is 7.46. The number of ether oxygens (including phenoxy) is 2. The highest BCUT2D eigenvalue weighted by atomic mass is 16.5. The average molecular weight is 403 g/mol. The van der Waals surface area contributed by atoms with Gasteiger partial charge in [-0.3, -0.25) is 14.4 Å². The summed E-state index contributed by atoms with van der Waals surface area (Å²) in [6.07, 6.45) is 7.09. The Morgan fingerprint density at radius 1 is 1.03 bits per heavy atom. The second-order valence-electron chi connectivity index (χ2n) is 10.5. The minimum Gasteiger partial charge on any atom is -0.462 e. The van der Waals surface area contributed by atoms with E-state index in [9.17, 15) is 14.4 Å². The summed E-state index contributed by atoms with van der Waals surface area (Å²) >= 11 is 0. The predicted molar refractivity (Wildman–Crippen MR) is 108 cm³/mol. The molecule has 0 aliphatic heterocycles. The summed E-state index contributed by atoms with van der Waals surface area (Å²) in [5.74, 6) is 0.637. The van der Waals surface area contributed by atoms with Gasteiger partial charge in [-0.25, -0.2) is 0 Å². The molecule has 4 aliphatic rings. The highest BCUT2D eigenvalue weighted by Gasteiger charge is 2.63. The van der Waals surface area contributed by atoms with E-state index < -0.39 is 0 Å². The van der Waals surface area contributed by atoms with Gasteiger partial charge in [0.15, 0.2) is 5.78 Å². The Hall–Kier alpha value is -1.65. The molecule has 0 heterocycles. The molecule has 0 radical (unpaired) electrons. The van der Waals surface area contributed by atoms with Crippen LogP contribution in [0.15, 0.2) is 11.6 Å². The van der Waals surface area contributed by atoms with Gasteiger partial charge >= 0.3 is 11.9 Å². The van der Waals surface area contributed by atoms with Crippen molar-refractivity contribution in [2.45, 2.75) is 85.4 Å². The molecule has 3 fully saturated rings. The minimum atomic E-state index is -0.246. The number of carbonyl (C=O) groups excluding carboxylic acids is 3. The predicted octanol–water partition coefficient (Wildman–Crippen LogP) is 4.24. The second kappa shape index (κ2) is 6.95. The van der Waals surface area contributed by atoms with Crippen LogP contribution in [0, 0.1) is 34.5 Å². The van der Waals surface area contributed by atoms with Crippen LogP contribution in [0.2, 0.25) is 0 Å². The molecule has 0 aromatic carbocycles. The maximum atomic E-state index is 13.4. The van der Waals surface area contributed by atoms with E-state index >= 15 is 0 Å². The second-order valence-corrected chi connectivity index (χ2v) is 10.5. The van der Waals surface area contributed by atoms with Crippen LogP contribution in [0.3, 0.4) is 0 Å². The Balaban J connectivity index is 1.64. The molecule has 4 rings (SSSR count). The van der Waals surface area contributed by atoms with Gasteiger partial charge in [-0.05, 0) is 61.3 Å². The summed E-state index contributed by atoms with van der Waals surface area (Å²) in [5, 5.41) is 0. The topological polar surface area (TPSA) is 69.7 Å². The lowest BCUT2D eigenvalue weighted by Crippen LogP contribution is -2.54. The van der Waals surface area contributed by atoms with E-state index in [1.807, 2.05) is 6.08 Å². The number of hydrogen-bond donors (Lipinski definition) is 0. The number of hydrogen-bond acceptors (Lipinski definition) is 5. The number of allylic oxidation sites excluding steroid dienone is 1. The smallest absolute Gasteiger partial charge is 0.302 e. The van der Waals surface area contributed by atoms with Gasteiger partial charge in [0.25, 0.3) is 0 Å². The van der Waals surface area contributed by atoms with Crippen molar-refractivity contribution < 1.29 is 23.9 Å². The Morgan fingerprint density at radius 2 is 1.72 bits per heavy atom. The Bertz CT molecular complexity index is 769. The molecule has 4 aliphatic carbocycles. The van der Waals surface area contributed by atoms with E-state index in [0.29, 0.717) is 12.3 Å². The number of fused-ring (bicyclic) bond motifs is 5. The van der Waals surface area contributed by atoms with Crippen LogP contribution in [0.4, 0.5) is 0 Å². The Labute approximate surface area is 173 Å². The molecular formula is C24H34O5. The van der Waals surface area contributed by atoms with Gasteiger partial charge in [0.2, 0.25) is 0 Å². The van der Waals surface area contributed by atoms with Crippen molar-refractivity contribution in [3.63, 3.8) is 0 Å². The molecule has 3 saturated carbocycles. The summed E-state index contributed by atoms with van der Waals surface area (Å²) in [6, 6.07) is 0. The lowest BCUT2D eigenvalue weighted by molar-refractivity contribution is -0.160. The Morgan fingerprint density at radius 3 is 2.38 bits per heavy atom. The first-order valence-corrected chi connectivity index (χ1v) is 11.2. The van der Waals surface area contributed by atoms with E-state index in [2.05, 4.69) is 20.8 Å². The van der Waals surface area contributed by atoms with Crippen LogP contribution in [0.1, 0.15) is 73.1 Å². The SMILES string of the molecule is CC(=O)OC1CCC2(C)C(=CC(=O)C3C2CCC2(C)C3CC(C)C2OC(C)=O)C1. The number of ketones is 1. The van der Waals surface area contributed by atoms with Crippen molar-refractivity contribution in [1.82, 2.24) is 0 Å². The van der Waals surface area contributed by atoms with Crippen LogP contribution in [0.5, 0.6) is 0 Å². The summed E-state index contributed by atoms with van der Waals surface area (Å²) in [5.41, 5.74) is 1.05. The largest absolute Gasteiger partial charge is 0.462 e. The Kier molecular flexibility index (Phi) is 4.94. The van der Waals surface area contributed by atoms with Crippen LogP contribution < -0.4 is 0 Å². The van der Waals surface area contributed by atoms with Gasteiger partial charge < -0.3 is 9.47 Å². The van der Waals surface area contributed by atoms with Gasteiger partial charge in [0, 0.05) is 31.6 Å². The third-order valence-electron chi connectivity index (χ3n) is 8.76. The van der Waals surface area contributed by atoms with Crippen LogP contribution in [-0.4, -0.2) is 29.9 Å². The van der Waals surface area contributed by atoms with Gasteiger partial charge in [-0.1, -0.05) is 26.3 Å². The van der Waals surface area contributed by atoms with Crippen LogP contribution in [0.25, 0.3) is 0 Å². The summed E-state index contributed by atoms with van der Waals surface area (Å²) in [4.78, 5) is 36.5. The molecule has 0 amide bonds. The molecule has 0 spiro atoms. The van der Waals surface area contributed by atoms with Gasteiger partial charge in [0.1, 0.15) is 12.2 Å². The lowest BCUT2D eigenvalue weighted by atomic mass is 9.47. The maximum absolute atomic E-state index is 13.4. The average Bonchev–Trinajstić information content (AvgIpc) is 2.86. The summed E-state index contributed by atoms with van der Waals surface area (Å²) < 4.78 is 11.2. The number of esters is 2. The minimum absolute atomic E-state index is 0.000681. The van der Waals surface area contributed by atoms with E-state index in [-0.39, 0.29) is 58.5 Å². The molecule has 160 valence electrons. The summed E-state index contributed by atoms with van der Waals surface area (Å²) in [7, 11) is 0. The van der Waals surface area contributed by atoms with Gasteiger partial charge in [0.05, 0.1) is 0 Å². The zero-order chi connectivity index (χ0) is 21.1. The fraction of sp³-hybridized carbons (Fsp3) is 0.792. The molecule has 0 bridgehead atoms. The molecule has 0 aromatic rings. The first kappa shape index (κ1) is 20.6. The monoisotopic (exact) mass is 402 g/mol. The first-order valence-electron chi connectivity index (χ1n) is 11.2. The molecular weight excluding hydrogens is 368 g/mol. The zero-order valence-electron chi connectivity index (χ0n) is 18.3. The number of rotatable bonds is 2. The quantitative estimate of drug-likeness (QED) is 0.646. The van der Waals surface area contributed by atoms with E-state index in [1.54, 1.807) is 0 Å². The van der Waals surface area contributed by atoms with E-state index in [4.69, 9.17) is 9.47 Å². The molecule has 8 atom stereocenters. The van der Waals surface area contributed by atoms with Gasteiger partial charge in [-0.15, -0.1) is 0 Å². The third kappa shape index (κ3) is 3.16. The highest BCUT2D eigenvalue weighted by molar-refractivity contribution is 5.94. The van der Waals surface area contributed by atoms with Crippen molar-refractivity contribution in [2.24, 2.45) is 34.5 Å². The van der Waals surface area contributed by atoms with E-state index in [1.165, 1.54) is 19.4 Å². The maximum Gasteiger partial charge on any atom is 0.302 e. The lowest BCUT2D eigenvalue weighted by Gasteiger charge is -2.56. The molecule has 5 heteroatoms. The number of carbonyl (C=O) groups is 3. The third-order valence-corrected chi connectivity index (χ3v) is 8.76. The summed E-state index contributed by atoms with van der Waals surface area (Å²) in [6.45, 7) is 9.65. The van der Waals surface area contributed by atoms with E-state index in [0.717, 1.165) is 32.1 Å². The zero-order valence-corrected chi connectivity index (χ0v) is 18.3. The normalized spacial score (nSPS) is 46.1.